The van der Waals surface area contributed by atoms with Crippen molar-refractivity contribution in [2.45, 2.75) is 24.9 Å². The molecule has 0 spiro atoms. The Labute approximate surface area is 123 Å². The van der Waals surface area contributed by atoms with Crippen LogP contribution in [0.25, 0.3) is 0 Å². The van der Waals surface area contributed by atoms with Gasteiger partial charge in [0.25, 0.3) is 0 Å². The first kappa shape index (κ1) is 16.3. The van der Waals surface area contributed by atoms with Crippen molar-refractivity contribution in [1.29, 1.82) is 0 Å². The Bertz CT molecular complexity index is 493. The average Bonchev–Trinajstić information content (AvgIpc) is 2.84. The van der Waals surface area contributed by atoms with Crippen molar-refractivity contribution in [1.82, 2.24) is 9.80 Å². The number of rotatable bonds is 5. The van der Waals surface area contributed by atoms with Crippen LogP contribution in [0.5, 0.6) is 0 Å². The van der Waals surface area contributed by atoms with Crippen molar-refractivity contribution < 1.29 is 13.2 Å². The molecule has 118 valence electrons. The maximum atomic E-state index is 14.0. The normalized spacial score (nSPS) is 21.2. The van der Waals surface area contributed by atoms with Gasteiger partial charge in [0.05, 0.1) is 6.04 Å². The van der Waals surface area contributed by atoms with E-state index >= 15 is 0 Å². The lowest BCUT2D eigenvalue weighted by atomic mass is 10.0. The van der Waals surface area contributed by atoms with Gasteiger partial charge in [0.1, 0.15) is 5.82 Å². The van der Waals surface area contributed by atoms with Crippen LogP contribution in [-0.2, 0) is 0 Å². The van der Waals surface area contributed by atoms with Crippen LogP contribution in [0.3, 0.4) is 0 Å². The van der Waals surface area contributed by atoms with E-state index in [9.17, 15) is 13.2 Å². The van der Waals surface area contributed by atoms with Gasteiger partial charge in [-0.2, -0.15) is 0 Å². The van der Waals surface area contributed by atoms with Crippen LogP contribution in [0, 0.1) is 17.5 Å². The zero-order valence-electron chi connectivity index (χ0n) is 12.5. The molecule has 0 bridgehead atoms. The highest BCUT2D eigenvalue weighted by Gasteiger charge is 2.32. The van der Waals surface area contributed by atoms with Gasteiger partial charge >= 0.3 is 0 Å². The Kier molecular flexibility index (Phi) is 5.24. The summed E-state index contributed by atoms with van der Waals surface area (Å²) in [5, 5.41) is 0. The molecule has 1 aliphatic heterocycles. The molecule has 6 heteroatoms. The molecule has 0 saturated carbocycles. The average molecular weight is 301 g/mol. The molecule has 0 aromatic heterocycles. The second-order valence-electron chi connectivity index (χ2n) is 5.84. The zero-order valence-corrected chi connectivity index (χ0v) is 12.5. The van der Waals surface area contributed by atoms with Gasteiger partial charge in [0.2, 0.25) is 0 Å². The van der Waals surface area contributed by atoms with Gasteiger partial charge in [0.15, 0.2) is 11.6 Å². The molecule has 21 heavy (non-hydrogen) atoms. The van der Waals surface area contributed by atoms with Crippen molar-refractivity contribution in [2.24, 2.45) is 5.73 Å². The van der Waals surface area contributed by atoms with Crippen molar-refractivity contribution >= 4 is 0 Å². The molecule has 0 aliphatic carbocycles. The Morgan fingerprint density at radius 3 is 2.52 bits per heavy atom. The van der Waals surface area contributed by atoms with Gasteiger partial charge in [0, 0.05) is 30.8 Å². The molecule has 3 nitrogen and oxygen atoms in total. The van der Waals surface area contributed by atoms with E-state index in [4.69, 9.17) is 5.73 Å². The number of nitrogens with two attached hydrogens (primary N) is 1. The zero-order chi connectivity index (χ0) is 15.6. The van der Waals surface area contributed by atoms with E-state index in [0.717, 1.165) is 32.0 Å². The fraction of sp³-hybridized carbons (Fsp3) is 0.600. The van der Waals surface area contributed by atoms with Crippen LogP contribution in [0.2, 0.25) is 0 Å². The molecule has 1 fully saturated rings. The fourth-order valence-corrected chi connectivity index (χ4v) is 3.12. The quantitative estimate of drug-likeness (QED) is 0.846. The van der Waals surface area contributed by atoms with Crippen molar-refractivity contribution in [3.8, 4) is 0 Å². The molecule has 1 aromatic carbocycles. The summed E-state index contributed by atoms with van der Waals surface area (Å²) >= 11 is 0. The van der Waals surface area contributed by atoms with Crippen LogP contribution < -0.4 is 5.73 Å². The van der Waals surface area contributed by atoms with Crippen LogP contribution in [-0.4, -0.2) is 49.6 Å². The molecule has 2 unspecified atom stereocenters. The molecule has 2 N–H and O–H groups in total. The molecule has 0 amide bonds. The van der Waals surface area contributed by atoms with Crippen LogP contribution in [0.4, 0.5) is 13.2 Å². The monoisotopic (exact) mass is 301 g/mol. The number of likely N-dealkylation sites (N-methyl/N-ethyl adjacent to an activating group) is 1. The number of hydrogen-bond donors (Lipinski definition) is 1. The number of benzene rings is 1. The van der Waals surface area contributed by atoms with Crippen molar-refractivity contribution in [3.63, 3.8) is 0 Å². The van der Waals surface area contributed by atoms with Gasteiger partial charge < -0.3 is 10.6 Å². The standard InChI is InChI=1S/C15H22F3N3/c1-20(2)9-10-4-3-5-21(10)15(8-19)11-6-13(17)14(18)7-12(11)16/h6-7,10,15H,3-5,8-9,19H2,1-2H3. The predicted octanol–water partition coefficient (Wildman–Crippen LogP) is 2.13. The first-order valence-electron chi connectivity index (χ1n) is 7.19. The number of halogens is 3. The first-order valence-corrected chi connectivity index (χ1v) is 7.19. The Morgan fingerprint density at radius 1 is 1.24 bits per heavy atom. The molecule has 1 saturated heterocycles. The number of nitrogens with zero attached hydrogens (tertiary/aromatic N) is 2. The van der Waals surface area contributed by atoms with Gasteiger partial charge in [-0.3, -0.25) is 4.90 Å². The van der Waals surface area contributed by atoms with E-state index < -0.39 is 23.5 Å². The Hall–Kier alpha value is -1.11. The predicted molar refractivity (Wildman–Crippen MR) is 76.4 cm³/mol. The number of hydrogen-bond acceptors (Lipinski definition) is 3. The van der Waals surface area contributed by atoms with Gasteiger partial charge in [-0.15, -0.1) is 0 Å². The maximum Gasteiger partial charge on any atom is 0.161 e. The van der Waals surface area contributed by atoms with E-state index in [1.165, 1.54) is 0 Å². The highest BCUT2D eigenvalue weighted by molar-refractivity contribution is 5.24. The minimum Gasteiger partial charge on any atom is -0.329 e. The molecule has 1 aromatic rings. The SMILES string of the molecule is CN(C)CC1CCCN1C(CN)c1cc(F)c(F)cc1F. The van der Waals surface area contributed by atoms with E-state index in [-0.39, 0.29) is 18.2 Å². The van der Waals surface area contributed by atoms with Crippen LogP contribution in [0.15, 0.2) is 12.1 Å². The molecular weight excluding hydrogens is 279 g/mol. The third-order valence-electron chi connectivity index (χ3n) is 4.02. The lowest BCUT2D eigenvalue weighted by molar-refractivity contribution is 0.153. The van der Waals surface area contributed by atoms with E-state index in [0.29, 0.717) is 6.07 Å². The van der Waals surface area contributed by atoms with Crippen molar-refractivity contribution in [2.75, 3.05) is 33.7 Å². The van der Waals surface area contributed by atoms with E-state index in [1.807, 2.05) is 14.1 Å². The highest BCUT2D eigenvalue weighted by atomic mass is 19.2. The minimum atomic E-state index is -1.17. The summed E-state index contributed by atoms with van der Waals surface area (Å²) < 4.78 is 40.5. The van der Waals surface area contributed by atoms with E-state index in [1.54, 1.807) is 0 Å². The summed E-state index contributed by atoms with van der Waals surface area (Å²) in [5.74, 6) is -2.94. The smallest absolute Gasteiger partial charge is 0.161 e. The molecular formula is C15H22F3N3. The summed E-state index contributed by atoms with van der Waals surface area (Å²) in [4.78, 5) is 4.17. The molecule has 2 rings (SSSR count). The number of likely N-dealkylation sites (tertiary alicyclic amines) is 1. The van der Waals surface area contributed by atoms with Crippen LogP contribution >= 0.6 is 0 Å². The summed E-state index contributed by atoms with van der Waals surface area (Å²) in [6, 6.07) is 1.37. The maximum absolute atomic E-state index is 14.0. The lowest BCUT2D eigenvalue weighted by Crippen LogP contribution is -2.42. The van der Waals surface area contributed by atoms with Crippen LogP contribution in [0.1, 0.15) is 24.4 Å². The summed E-state index contributed by atoms with van der Waals surface area (Å²) in [5.41, 5.74) is 5.94. The second kappa shape index (κ2) is 6.77. The molecule has 2 atom stereocenters. The Balaban J connectivity index is 2.28. The van der Waals surface area contributed by atoms with Gasteiger partial charge in [-0.25, -0.2) is 13.2 Å². The largest absolute Gasteiger partial charge is 0.329 e. The third-order valence-corrected chi connectivity index (χ3v) is 4.02. The first-order chi connectivity index (χ1) is 9.93. The lowest BCUT2D eigenvalue weighted by Gasteiger charge is -2.34. The van der Waals surface area contributed by atoms with Crippen molar-refractivity contribution in [3.05, 3.63) is 35.1 Å². The molecule has 0 radical (unpaired) electrons. The second-order valence-corrected chi connectivity index (χ2v) is 5.84. The van der Waals surface area contributed by atoms with E-state index in [2.05, 4.69) is 9.80 Å². The topological polar surface area (TPSA) is 32.5 Å². The highest BCUT2D eigenvalue weighted by Crippen LogP contribution is 2.31. The summed E-state index contributed by atoms with van der Waals surface area (Å²) in [7, 11) is 3.96. The summed E-state index contributed by atoms with van der Waals surface area (Å²) in [6.07, 6.45) is 2.00. The molecule has 1 aliphatic rings. The third kappa shape index (κ3) is 3.56. The van der Waals surface area contributed by atoms with Gasteiger partial charge in [-0.05, 0) is 39.5 Å². The fourth-order valence-electron chi connectivity index (χ4n) is 3.12. The summed E-state index contributed by atoms with van der Waals surface area (Å²) in [6.45, 7) is 1.80. The Morgan fingerprint density at radius 2 is 1.90 bits per heavy atom. The minimum absolute atomic E-state index is 0.141. The van der Waals surface area contributed by atoms with Gasteiger partial charge in [-0.1, -0.05) is 0 Å². The molecule has 1 heterocycles.